The van der Waals surface area contributed by atoms with E-state index < -0.39 is 0 Å². The fraction of sp³-hybridized carbons (Fsp3) is 0.556. The third kappa shape index (κ3) is 3.39. The molecule has 0 aromatic carbocycles. The van der Waals surface area contributed by atoms with Gasteiger partial charge in [0.05, 0.1) is 0 Å². The second-order valence-electron chi connectivity index (χ2n) is 3.16. The number of rotatable bonds is 4. The van der Waals surface area contributed by atoms with Crippen LogP contribution in [0.4, 0.5) is 0 Å². The number of esters is 1. The van der Waals surface area contributed by atoms with E-state index >= 15 is 0 Å². The van der Waals surface area contributed by atoms with Gasteiger partial charge in [0, 0.05) is 0 Å². The molecule has 1 atom stereocenters. The van der Waals surface area contributed by atoms with Gasteiger partial charge < -0.3 is 0 Å². The van der Waals surface area contributed by atoms with E-state index in [4.69, 9.17) is 4.74 Å². The normalized spacial score (nSPS) is 12.4. The van der Waals surface area contributed by atoms with Crippen LogP contribution < -0.4 is 0 Å². The molecule has 4 nitrogen and oxygen atoms in total. The molecule has 0 saturated carbocycles. The molecule has 0 aliphatic rings. The average molecular weight is 386 g/mol. The van der Waals surface area contributed by atoms with E-state index in [0.29, 0.717) is 13.0 Å². The second kappa shape index (κ2) is 5.48. The predicted molar refractivity (Wildman–Crippen MR) is 53.0 cm³/mol. The predicted octanol–water partition coefficient (Wildman–Crippen LogP) is 0.871. The van der Waals surface area contributed by atoms with Gasteiger partial charge >= 0.3 is 99.9 Å². The summed E-state index contributed by atoms with van der Waals surface area (Å²) in [6.07, 6.45) is 4.21. The van der Waals surface area contributed by atoms with Crippen molar-refractivity contribution in [2.24, 2.45) is 0 Å². The second-order valence-corrected chi connectivity index (χ2v) is 5.47. The molecule has 0 radical (unpaired) electrons. The monoisotopic (exact) mass is 386 g/mol. The van der Waals surface area contributed by atoms with Crippen LogP contribution in [0, 0.1) is 0 Å². The number of carbonyl (C=O) groups is 1. The third-order valence-electron chi connectivity index (χ3n) is 1.90. The number of ether oxygens (including phenoxy) is 1. The Balaban J connectivity index is 2.50. The average Bonchev–Trinajstić information content (AvgIpc) is 2.52. The number of hydrogen-bond donors (Lipinski definition) is 0. The Morgan fingerprint density at radius 1 is 1.79 bits per heavy atom. The molecule has 14 heavy (non-hydrogen) atoms. The van der Waals surface area contributed by atoms with Crippen LogP contribution in [0.1, 0.15) is 31.9 Å². The summed E-state index contributed by atoms with van der Waals surface area (Å²) in [7, 11) is 0. The maximum absolute atomic E-state index is 11.2. The molecule has 0 aliphatic carbocycles. The van der Waals surface area contributed by atoms with E-state index in [2.05, 4.69) is 4.98 Å². The van der Waals surface area contributed by atoms with Crippen LogP contribution in [0.5, 0.6) is 0 Å². The van der Waals surface area contributed by atoms with Crippen molar-refractivity contribution in [2.75, 3.05) is 6.61 Å². The first-order valence-corrected chi connectivity index (χ1v) is 6.58. The van der Waals surface area contributed by atoms with Gasteiger partial charge in [0.1, 0.15) is 0 Å². The van der Waals surface area contributed by atoms with Crippen LogP contribution in [0.2, 0.25) is 0 Å². The molecule has 5 heteroatoms. The van der Waals surface area contributed by atoms with Crippen molar-refractivity contribution in [1.82, 2.24) is 7.36 Å². The van der Waals surface area contributed by atoms with Crippen molar-refractivity contribution in [3.63, 3.8) is 0 Å². The van der Waals surface area contributed by atoms with E-state index in [1.165, 1.54) is 0 Å². The van der Waals surface area contributed by atoms with Crippen LogP contribution in [0.3, 0.4) is 0 Å². The number of imidazole rings is 1. The first-order valence-electron chi connectivity index (χ1n) is 4.58. The molecule has 0 spiro atoms. The SMILES string of the molecule is CCOC(=O)CC(C)c1c[n]([Tl])cn1. The third-order valence-corrected chi connectivity index (χ3v) is 3.00. The summed E-state index contributed by atoms with van der Waals surface area (Å²) in [5, 5.41) is 0. The molecule has 0 aliphatic heterocycles. The Labute approximate surface area is 99.8 Å². The quantitative estimate of drug-likeness (QED) is 0.571. The van der Waals surface area contributed by atoms with Crippen LogP contribution in [-0.2, 0) is 9.53 Å². The summed E-state index contributed by atoms with van der Waals surface area (Å²) >= 11 is 0.732. The molecule has 0 fully saturated rings. The summed E-state index contributed by atoms with van der Waals surface area (Å²) < 4.78 is 6.92. The van der Waals surface area contributed by atoms with Crippen molar-refractivity contribution in [1.29, 1.82) is 0 Å². The van der Waals surface area contributed by atoms with E-state index in [0.717, 1.165) is 31.8 Å². The zero-order valence-corrected chi connectivity index (χ0v) is 12.9. The number of aromatic nitrogens is 2. The number of carbonyl (C=O) groups excluding carboxylic acids is 1. The Bertz CT molecular complexity index is 312. The van der Waals surface area contributed by atoms with Gasteiger partial charge in [-0.25, -0.2) is 0 Å². The zero-order chi connectivity index (χ0) is 10.6. The van der Waals surface area contributed by atoms with E-state index in [-0.39, 0.29) is 11.9 Å². The van der Waals surface area contributed by atoms with Crippen molar-refractivity contribution >= 4 is 32.0 Å². The molecule has 0 saturated heterocycles. The first kappa shape index (κ1) is 11.7. The summed E-state index contributed by atoms with van der Waals surface area (Å²) in [5.74, 6) is -0.000558. The van der Waals surface area contributed by atoms with Gasteiger partial charge in [0.2, 0.25) is 0 Å². The molecule has 0 N–H and O–H groups in total. The Hall–Kier alpha value is -0.398. The van der Waals surface area contributed by atoms with Crippen LogP contribution in [-0.4, -0.2) is 46.0 Å². The van der Waals surface area contributed by atoms with Gasteiger partial charge in [-0.2, -0.15) is 0 Å². The molecule has 0 amide bonds. The van der Waals surface area contributed by atoms with Gasteiger partial charge in [-0.3, -0.25) is 0 Å². The molecule has 1 unspecified atom stereocenters. The summed E-state index contributed by atoms with van der Waals surface area (Å²) in [5.41, 5.74) is 0.973. The maximum atomic E-state index is 11.2. The zero-order valence-electron chi connectivity index (χ0n) is 8.43. The van der Waals surface area contributed by atoms with E-state index in [1.54, 1.807) is 0 Å². The summed E-state index contributed by atoms with van der Waals surface area (Å²) in [6.45, 7) is 4.25. The Morgan fingerprint density at radius 2 is 2.50 bits per heavy atom. The van der Waals surface area contributed by atoms with Crippen molar-refractivity contribution in [3.8, 4) is 0 Å². The van der Waals surface area contributed by atoms with Crippen molar-refractivity contribution in [3.05, 3.63) is 18.2 Å². The number of nitrogens with zero attached hydrogens (tertiary/aromatic N) is 2. The van der Waals surface area contributed by atoms with Gasteiger partial charge in [-0.05, 0) is 0 Å². The minimum atomic E-state index is -0.148. The fourth-order valence-corrected chi connectivity index (χ4v) is 2.03. The molecule has 1 heterocycles. The molecular weight excluding hydrogens is 372 g/mol. The molecule has 0 bridgehead atoms. The molecular formula is C9H13N2O2Tl. The van der Waals surface area contributed by atoms with Gasteiger partial charge in [-0.1, -0.05) is 0 Å². The van der Waals surface area contributed by atoms with Crippen molar-refractivity contribution < 1.29 is 9.53 Å². The van der Waals surface area contributed by atoms with Crippen molar-refractivity contribution in [2.45, 2.75) is 26.2 Å². The fourth-order valence-electron chi connectivity index (χ4n) is 1.18. The first-order chi connectivity index (χ1) is 6.63. The minimum absolute atomic E-state index is 0.147. The molecule has 74 valence electrons. The summed E-state index contributed by atoms with van der Waals surface area (Å²) in [6, 6.07) is 0. The van der Waals surface area contributed by atoms with Crippen LogP contribution in [0.15, 0.2) is 12.5 Å². The van der Waals surface area contributed by atoms with E-state index in [1.807, 2.05) is 28.7 Å². The molecule has 1 rings (SSSR count). The van der Waals surface area contributed by atoms with Gasteiger partial charge in [0.15, 0.2) is 0 Å². The Kier molecular flexibility index (Phi) is 4.57. The topological polar surface area (TPSA) is 44.1 Å². The number of hydrogen-bond acceptors (Lipinski definition) is 3. The Morgan fingerprint density at radius 3 is 3.00 bits per heavy atom. The van der Waals surface area contributed by atoms with Gasteiger partial charge in [-0.15, -0.1) is 0 Å². The summed E-state index contributed by atoms with van der Waals surface area (Å²) in [4.78, 5) is 15.4. The molecule has 1 aromatic rings. The van der Waals surface area contributed by atoms with Crippen LogP contribution in [0.25, 0.3) is 0 Å². The molecule has 1 aromatic heterocycles. The standard InChI is InChI=1S/C9H13N2O2.Tl/c1-3-13-9(12)4-7(2)8-5-10-6-11-8;/h5-7H,3-4H2,1-2H3;/q-1;+1. The van der Waals surface area contributed by atoms with E-state index in [9.17, 15) is 4.79 Å². The van der Waals surface area contributed by atoms with Gasteiger partial charge in [0.25, 0.3) is 0 Å². The van der Waals surface area contributed by atoms with Crippen LogP contribution >= 0.6 is 0 Å².